The number of aryl methyl sites for hydroxylation is 1. The monoisotopic (exact) mass is 249 g/mol. The molecule has 3 nitrogen and oxygen atoms in total. The highest BCUT2D eigenvalue weighted by molar-refractivity contribution is 5.58. The molecule has 0 fully saturated rings. The number of hydrogen-bond acceptors (Lipinski definition) is 3. The molecular weight excluding hydrogens is 226 g/mol. The first-order chi connectivity index (χ1) is 8.77. The molecule has 3 heteroatoms. The Morgan fingerprint density at radius 1 is 1.22 bits per heavy atom. The Labute approximate surface area is 110 Å². The van der Waals surface area contributed by atoms with Gasteiger partial charge in [-0.2, -0.15) is 0 Å². The molecule has 0 saturated heterocycles. The summed E-state index contributed by atoms with van der Waals surface area (Å²) in [5, 5.41) is 3.31. The maximum atomic E-state index is 5.33. The van der Waals surface area contributed by atoms with Gasteiger partial charge in [-0.05, 0) is 32.0 Å². The molecule has 0 atom stereocenters. The number of rotatable bonds is 8. The Hall–Kier alpha value is -1.32. The summed E-state index contributed by atoms with van der Waals surface area (Å²) in [4.78, 5) is 0. The lowest BCUT2D eigenvalue weighted by Gasteiger charge is -2.05. The van der Waals surface area contributed by atoms with Gasteiger partial charge >= 0.3 is 0 Å². The lowest BCUT2D eigenvalue weighted by atomic mass is 10.1. The van der Waals surface area contributed by atoms with Crippen LogP contribution in [0.1, 0.15) is 17.5 Å². The molecule has 0 unspecified atom stereocenters. The zero-order valence-electron chi connectivity index (χ0n) is 11.5. The van der Waals surface area contributed by atoms with E-state index in [4.69, 9.17) is 9.47 Å². The normalized spacial score (nSPS) is 11.1. The quantitative estimate of drug-likeness (QED) is 0.718. The Bertz CT molecular complexity index is 375. The van der Waals surface area contributed by atoms with Gasteiger partial charge in [0.05, 0.1) is 13.7 Å². The molecular formula is C15H23NO2. The zero-order valence-corrected chi connectivity index (χ0v) is 11.5. The van der Waals surface area contributed by atoms with E-state index in [1.807, 2.05) is 6.07 Å². The summed E-state index contributed by atoms with van der Waals surface area (Å²) in [6.07, 6.45) is 5.28. The molecule has 0 saturated carbocycles. The van der Waals surface area contributed by atoms with Gasteiger partial charge in [-0.1, -0.05) is 23.8 Å². The van der Waals surface area contributed by atoms with Crippen molar-refractivity contribution in [2.75, 3.05) is 33.9 Å². The molecule has 0 spiro atoms. The number of methoxy groups -OCH3 is 2. The average Bonchev–Trinajstić information content (AvgIpc) is 2.38. The summed E-state index contributed by atoms with van der Waals surface area (Å²) in [5.74, 6) is 0.921. The fraction of sp³-hybridized carbons (Fsp3) is 0.467. The summed E-state index contributed by atoms with van der Waals surface area (Å²) in [6, 6.07) is 6.20. The lowest BCUT2D eigenvalue weighted by molar-refractivity contribution is 0.199. The predicted octanol–water partition coefficient (Wildman–Crippen LogP) is 2.64. The molecule has 0 heterocycles. The van der Waals surface area contributed by atoms with Crippen LogP contribution in [0, 0.1) is 6.92 Å². The second-order valence-electron chi connectivity index (χ2n) is 4.18. The van der Waals surface area contributed by atoms with E-state index in [-0.39, 0.29) is 0 Å². The molecule has 0 amide bonds. The summed E-state index contributed by atoms with van der Waals surface area (Å²) in [5.41, 5.74) is 2.38. The van der Waals surface area contributed by atoms with Gasteiger partial charge in [-0.25, -0.2) is 0 Å². The van der Waals surface area contributed by atoms with Crippen LogP contribution in [0.15, 0.2) is 24.3 Å². The van der Waals surface area contributed by atoms with E-state index in [9.17, 15) is 0 Å². The largest absolute Gasteiger partial charge is 0.496 e. The number of hydrogen-bond donors (Lipinski definition) is 1. The van der Waals surface area contributed by atoms with E-state index in [0.29, 0.717) is 0 Å². The number of nitrogens with one attached hydrogen (secondary N) is 1. The maximum absolute atomic E-state index is 5.33. The fourth-order valence-corrected chi connectivity index (χ4v) is 1.68. The Balaban J connectivity index is 2.39. The SMILES string of the molecule is COCCNCCC=Cc1cc(C)ccc1OC. The minimum atomic E-state index is 0.759. The third kappa shape index (κ3) is 5.34. The van der Waals surface area contributed by atoms with E-state index in [2.05, 4.69) is 36.5 Å². The van der Waals surface area contributed by atoms with Gasteiger partial charge in [0.1, 0.15) is 5.75 Å². The molecule has 0 aliphatic heterocycles. The van der Waals surface area contributed by atoms with E-state index < -0.39 is 0 Å². The van der Waals surface area contributed by atoms with Crippen LogP contribution in [0.4, 0.5) is 0 Å². The summed E-state index contributed by atoms with van der Waals surface area (Å²) in [7, 11) is 3.42. The highest BCUT2D eigenvalue weighted by Crippen LogP contribution is 2.20. The van der Waals surface area contributed by atoms with Gasteiger partial charge in [0.2, 0.25) is 0 Å². The van der Waals surface area contributed by atoms with Crippen molar-refractivity contribution in [1.82, 2.24) is 5.32 Å². The molecule has 18 heavy (non-hydrogen) atoms. The summed E-state index contributed by atoms with van der Waals surface area (Å²) < 4.78 is 10.3. The van der Waals surface area contributed by atoms with Crippen LogP contribution in [0.25, 0.3) is 6.08 Å². The van der Waals surface area contributed by atoms with Crippen molar-refractivity contribution in [2.24, 2.45) is 0 Å². The highest BCUT2D eigenvalue weighted by Gasteiger charge is 1.98. The Morgan fingerprint density at radius 2 is 2.06 bits per heavy atom. The molecule has 0 bridgehead atoms. The van der Waals surface area contributed by atoms with Crippen LogP contribution >= 0.6 is 0 Å². The third-order valence-corrected chi connectivity index (χ3v) is 2.65. The average molecular weight is 249 g/mol. The second kappa shape index (κ2) is 8.72. The minimum Gasteiger partial charge on any atom is -0.496 e. The molecule has 1 aromatic carbocycles. The van der Waals surface area contributed by atoms with Gasteiger partial charge in [-0.15, -0.1) is 0 Å². The smallest absolute Gasteiger partial charge is 0.126 e. The lowest BCUT2D eigenvalue weighted by Crippen LogP contribution is -2.19. The second-order valence-corrected chi connectivity index (χ2v) is 4.18. The third-order valence-electron chi connectivity index (χ3n) is 2.65. The number of ether oxygens (including phenoxy) is 2. The molecule has 0 radical (unpaired) electrons. The van der Waals surface area contributed by atoms with Crippen LogP contribution < -0.4 is 10.1 Å². The van der Waals surface area contributed by atoms with Crippen molar-refractivity contribution in [3.05, 3.63) is 35.4 Å². The van der Waals surface area contributed by atoms with Crippen LogP contribution in [-0.4, -0.2) is 33.9 Å². The minimum absolute atomic E-state index is 0.759. The van der Waals surface area contributed by atoms with E-state index in [0.717, 1.165) is 37.4 Å². The van der Waals surface area contributed by atoms with Crippen molar-refractivity contribution in [2.45, 2.75) is 13.3 Å². The first kappa shape index (κ1) is 14.7. The first-order valence-electron chi connectivity index (χ1n) is 6.28. The molecule has 0 aliphatic rings. The van der Waals surface area contributed by atoms with Gasteiger partial charge in [0.15, 0.2) is 0 Å². The summed E-state index contributed by atoms with van der Waals surface area (Å²) >= 11 is 0. The molecule has 0 aromatic heterocycles. The highest BCUT2D eigenvalue weighted by atomic mass is 16.5. The van der Waals surface area contributed by atoms with Crippen molar-refractivity contribution in [1.29, 1.82) is 0 Å². The Morgan fingerprint density at radius 3 is 2.78 bits per heavy atom. The first-order valence-corrected chi connectivity index (χ1v) is 6.28. The molecule has 1 aromatic rings. The predicted molar refractivity (Wildman–Crippen MR) is 76.1 cm³/mol. The topological polar surface area (TPSA) is 30.5 Å². The number of benzene rings is 1. The van der Waals surface area contributed by atoms with Gasteiger partial charge in [0.25, 0.3) is 0 Å². The van der Waals surface area contributed by atoms with Gasteiger partial charge in [-0.3, -0.25) is 0 Å². The van der Waals surface area contributed by atoms with E-state index >= 15 is 0 Å². The van der Waals surface area contributed by atoms with Crippen LogP contribution in [0.5, 0.6) is 5.75 Å². The van der Waals surface area contributed by atoms with Crippen LogP contribution in [-0.2, 0) is 4.74 Å². The fourth-order valence-electron chi connectivity index (χ4n) is 1.68. The van der Waals surface area contributed by atoms with E-state index in [1.54, 1.807) is 14.2 Å². The molecule has 1 N–H and O–H groups in total. The van der Waals surface area contributed by atoms with Crippen LogP contribution in [0.3, 0.4) is 0 Å². The van der Waals surface area contributed by atoms with Gasteiger partial charge in [0, 0.05) is 19.2 Å². The van der Waals surface area contributed by atoms with Crippen molar-refractivity contribution < 1.29 is 9.47 Å². The van der Waals surface area contributed by atoms with Gasteiger partial charge < -0.3 is 14.8 Å². The maximum Gasteiger partial charge on any atom is 0.126 e. The standard InChI is InChI=1S/C15H23NO2/c1-13-7-8-15(18-3)14(12-13)6-4-5-9-16-10-11-17-2/h4,6-8,12,16H,5,9-11H2,1-3H3. The van der Waals surface area contributed by atoms with Crippen LogP contribution in [0.2, 0.25) is 0 Å². The van der Waals surface area contributed by atoms with Crippen molar-refractivity contribution >= 4 is 6.08 Å². The molecule has 1 rings (SSSR count). The van der Waals surface area contributed by atoms with Crippen molar-refractivity contribution in [3.63, 3.8) is 0 Å². The Kier molecular flexibility index (Phi) is 7.14. The zero-order chi connectivity index (χ0) is 13.2. The molecule has 100 valence electrons. The summed E-state index contributed by atoms with van der Waals surface area (Å²) in [6.45, 7) is 4.71. The molecule has 0 aliphatic carbocycles. The van der Waals surface area contributed by atoms with Crippen molar-refractivity contribution in [3.8, 4) is 5.75 Å². The van der Waals surface area contributed by atoms with E-state index in [1.165, 1.54) is 5.56 Å².